The van der Waals surface area contributed by atoms with Crippen LogP contribution in [0.3, 0.4) is 0 Å². The minimum absolute atomic E-state index is 0.00745. The molecule has 1 aliphatic rings. The van der Waals surface area contributed by atoms with E-state index in [1.165, 1.54) is 6.26 Å². The number of aliphatic hydroxyl groups excluding tert-OH is 1. The van der Waals surface area contributed by atoms with E-state index in [1.807, 2.05) is 20.8 Å². The van der Waals surface area contributed by atoms with Gasteiger partial charge in [-0.15, -0.1) is 0 Å². The largest absolute Gasteiger partial charge is 0.467 e. The average Bonchev–Trinajstić information content (AvgIpc) is 2.91. The van der Waals surface area contributed by atoms with Crippen molar-refractivity contribution >= 4 is 5.91 Å². The third-order valence-electron chi connectivity index (χ3n) is 3.91. The summed E-state index contributed by atoms with van der Waals surface area (Å²) in [5.41, 5.74) is 0. The van der Waals surface area contributed by atoms with Crippen molar-refractivity contribution in [1.82, 2.24) is 5.32 Å². The van der Waals surface area contributed by atoms with E-state index in [4.69, 9.17) is 9.15 Å². The number of nitrogens with one attached hydrogen (secondary N) is 1. The van der Waals surface area contributed by atoms with E-state index in [2.05, 4.69) is 5.32 Å². The highest BCUT2D eigenvalue weighted by atomic mass is 16.5. The Morgan fingerprint density at radius 2 is 2.10 bits per heavy atom. The molecule has 1 aliphatic heterocycles. The number of rotatable bonds is 5. The minimum Gasteiger partial charge on any atom is -0.467 e. The number of carbonyl (C=O) groups excluding carboxylic acids is 1. The molecule has 4 unspecified atom stereocenters. The van der Waals surface area contributed by atoms with Gasteiger partial charge >= 0.3 is 0 Å². The molecule has 5 heteroatoms. The van der Waals surface area contributed by atoms with Gasteiger partial charge in [-0.05, 0) is 45.7 Å². The first-order valence-corrected chi connectivity index (χ1v) is 7.63. The molecule has 0 saturated carbocycles. The predicted octanol–water partition coefficient (Wildman–Crippen LogP) is 2.41. The molecule has 1 amide bonds. The first-order valence-electron chi connectivity index (χ1n) is 7.63. The second-order valence-electron chi connectivity index (χ2n) is 6.10. The molecule has 21 heavy (non-hydrogen) atoms. The van der Waals surface area contributed by atoms with Crippen LogP contribution in [-0.4, -0.2) is 29.3 Å². The first-order chi connectivity index (χ1) is 9.95. The molecule has 0 aromatic carbocycles. The van der Waals surface area contributed by atoms with E-state index >= 15 is 0 Å². The zero-order valence-corrected chi connectivity index (χ0v) is 12.9. The number of hydrogen-bond acceptors (Lipinski definition) is 4. The standard InChI is InChI=1S/C16H25NO4/c1-10(7-14(18)15-5-4-6-20-15)17-16(19)13-8-11(2)21-12(3)9-13/h4-6,10-14,18H,7-9H2,1-3H3,(H,17,19). The molecular weight excluding hydrogens is 270 g/mol. The van der Waals surface area contributed by atoms with Crippen LogP contribution in [0.2, 0.25) is 0 Å². The fraction of sp³-hybridized carbons (Fsp3) is 0.688. The summed E-state index contributed by atoms with van der Waals surface area (Å²) in [5, 5.41) is 13.0. The van der Waals surface area contributed by atoms with Gasteiger partial charge in [-0.3, -0.25) is 4.79 Å². The van der Waals surface area contributed by atoms with Crippen LogP contribution in [0, 0.1) is 5.92 Å². The van der Waals surface area contributed by atoms with Gasteiger partial charge in [-0.25, -0.2) is 0 Å². The monoisotopic (exact) mass is 295 g/mol. The normalized spacial score (nSPS) is 28.9. The van der Waals surface area contributed by atoms with Crippen molar-refractivity contribution in [3.05, 3.63) is 24.2 Å². The maximum Gasteiger partial charge on any atom is 0.223 e. The molecule has 1 fully saturated rings. The summed E-state index contributed by atoms with van der Waals surface area (Å²) in [4.78, 5) is 12.3. The predicted molar refractivity (Wildman–Crippen MR) is 78.6 cm³/mol. The van der Waals surface area contributed by atoms with E-state index in [0.29, 0.717) is 12.2 Å². The van der Waals surface area contributed by atoms with Gasteiger partial charge in [0.15, 0.2) is 0 Å². The average molecular weight is 295 g/mol. The Balaban J connectivity index is 1.81. The Labute approximate surface area is 125 Å². The van der Waals surface area contributed by atoms with Crippen molar-refractivity contribution in [3.8, 4) is 0 Å². The molecule has 0 bridgehead atoms. The minimum atomic E-state index is -0.692. The van der Waals surface area contributed by atoms with Crippen LogP contribution in [0.25, 0.3) is 0 Å². The van der Waals surface area contributed by atoms with Crippen molar-refractivity contribution in [2.75, 3.05) is 0 Å². The highest BCUT2D eigenvalue weighted by molar-refractivity contribution is 5.79. The van der Waals surface area contributed by atoms with Crippen LogP contribution in [0.5, 0.6) is 0 Å². The summed E-state index contributed by atoms with van der Waals surface area (Å²) in [7, 11) is 0. The van der Waals surface area contributed by atoms with Gasteiger partial charge in [0.1, 0.15) is 11.9 Å². The van der Waals surface area contributed by atoms with Crippen LogP contribution in [0.15, 0.2) is 22.8 Å². The third kappa shape index (κ3) is 4.58. The Bertz CT molecular complexity index is 435. The van der Waals surface area contributed by atoms with Gasteiger partial charge in [0.25, 0.3) is 0 Å². The molecule has 2 heterocycles. The Morgan fingerprint density at radius 3 is 2.67 bits per heavy atom. The fourth-order valence-corrected chi connectivity index (χ4v) is 2.97. The third-order valence-corrected chi connectivity index (χ3v) is 3.91. The lowest BCUT2D eigenvalue weighted by Gasteiger charge is -2.32. The number of hydrogen-bond donors (Lipinski definition) is 2. The fourth-order valence-electron chi connectivity index (χ4n) is 2.97. The maximum atomic E-state index is 12.3. The number of amides is 1. The Kier molecular flexibility index (Phi) is 5.42. The van der Waals surface area contributed by atoms with Gasteiger partial charge < -0.3 is 19.6 Å². The highest BCUT2D eigenvalue weighted by Gasteiger charge is 2.30. The maximum absolute atomic E-state index is 12.3. The lowest BCUT2D eigenvalue weighted by atomic mass is 9.91. The van der Waals surface area contributed by atoms with Gasteiger partial charge in [0.2, 0.25) is 5.91 Å². The molecule has 1 aromatic rings. The van der Waals surface area contributed by atoms with Gasteiger partial charge in [0, 0.05) is 18.4 Å². The summed E-state index contributed by atoms with van der Waals surface area (Å²) in [6, 6.07) is 3.37. The topological polar surface area (TPSA) is 71.7 Å². The molecule has 118 valence electrons. The Morgan fingerprint density at radius 1 is 1.43 bits per heavy atom. The molecular formula is C16H25NO4. The smallest absolute Gasteiger partial charge is 0.223 e. The number of carbonyl (C=O) groups is 1. The number of furan rings is 1. The molecule has 2 rings (SSSR count). The van der Waals surface area contributed by atoms with E-state index < -0.39 is 6.10 Å². The van der Waals surface area contributed by atoms with E-state index in [0.717, 1.165) is 12.8 Å². The Hall–Kier alpha value is -1.33. The van der Waals surface area contributed by atoms with Gasteiger partial charge in [-0.1, -0.05) is 0 Å². The summed E-state index contributed by atoms with van der Waals surface area (Å²) < 4.78 is 10.8. The van der Waals surface area contributed by atoms with Crippen molar-refractivity contribution in [2.24, 2.45) is 5.92 Å². The molecule has 1 aromatic heterocycles. The SMILES string of the molecule is CC(CC(O)c1ccco1)NC(=O)C1CC(C)OC(C)C1. The molecule has 0 spiro atoms. The summed E-state index contributed by atoms with van der Waals surface area (Å²) in [6.07, 6.45) is 3.03. The van der Waals surface area contributed by atoms with Crippen molar-refractivity contribution < 1.29 is 19.1 Å². The lowest BCUT2D eigenvalue weighted by Crippen LogP contribution is -2.42. The number of aliphatic hydroxyl groups is 1. The zero-order valence-electron chi connectivity index (χ0n) is 12.9. The van der Waals surface area contributed by atoms with E-state index in [1.54, 1.807) is 12.1 Å². The van der Waals surface area contributed by atoms with Gasteiger partial charge in [0.05, 0.1) is 18.5 Å². The molecule has 0 aliphatic carbocycles. The van der Waals surface area contributed by atoms with E-state index in [-0.39, 0.29) is 30.1 Å². The van der Waals surface area contributed by atoms with Crippen molar-refractivity contribution in [1.29, 1.82) is 0 Å². The van der Waals surface area contributed by atoms with E-state index in [9.17, 15) is 9.90 Å². The van der Waals surface area contributed by atoms with Crippen LogP contribution in [0.4, 0.5) is 0 Å². The molecule has 0 radical (unpaired) electrons. The highest BCUT2D eigenvalue weighted by Crippen LogP contribution is 2.25. The van der Waals surface area contributed by atoms with Gasteiger partial charge in [-0.2, -0.15) is 0 Å². The van der Waals surface area contributed by atoms with Crippen molar-refractivity contribution in [3.63, 3.8) is 0 Å². The van der Waals surface area contributed by atoms with Crippen LogP contribution >= 0.6 is 0 Å². The summed E-state index contributed by atoms with van der Waals surface area (Å²) in [6.45, 7) is 5.90. The second-order valence-corrected chi connectivity index (χ2v) is 6.10. The molecule has 1 saturated heterocycles. The first kappa shape index (κ1) is 16.0. The zero-order chi connectivity index (χ0) is 15.4. The summed E-state index contributed by atoms with van der Waals surface area (Å²) >= 11 is 0. The van der Waals surface area contributed by atoms with Crippen LogP contribution in [0.1, 0.15) is 51.9 Å². The summed E-state index contributed by atoms with van der Waals surface area (Å²) in [5.74, 6) is 0.576. The quantitative estimate of drug-likeness (QED) is 0.875. The molecule has 2 N–H and O–H groups in total. The molecule has 5 nitrogen and oxygen atoms in total. The number of ether oxygens (including phenoxy) is 1. The van der Waals surface area contributed by atoms with Crippen molar-refractivity contribution in [2.45, 2.75) is 64.4 Å². The molecule has 4 atom stereocenters. The van der Waals surface area contributed by atoms with Crippen LogP contribution in [-0.2, 0) is 9.53 Å². The second kappa shape index (κ2) is 7.09. The van der Waals surface area contributed by atoms with Crippen LogP contribution < -0.4 is 5.32 Å². The lowest BCUT2D eigenvalue weighted by molar-refractivity contribution is -0.133.